The molecule has 1 aliphatic heterocycles. The van der Waals surface area contributed by atoms with Gasteiger partial charge in [0.2, 0.25) is 0 Å². The molecule has 1 saturated heterocycles. The van der Waals surface area contributed by atoms with Gasteiger partial charge in [-0.1, -0.05) is 38.1 Å². The second kappa shape index (κ2) is 9.39. The van der Waals surface area contributed by atoms with Crippen LogP contribution in [0.2, 0.25) is 0 Å². The van der Waals surface area contributed by atoms with Crippen molar-refractivity contribution >= 4 is 11.9 Å². The number of imide groups is 1. The number of benzene rings is 2. The van der Waals surface area contributed by atoms with E-state index in [2.05, 4.69) is 19.2 Å². The number of rotatable bonds is 9. The Labute approximate surface area is 183 Å². The first-order valence-electron chi connectivity index (χ1n) is 10.5. The molecule has 31 heavy (non-hydrogen) atoms. The van der Waals surface area contributed by atoms with Gasteiger partial charge in [0.25, 0.3) is 5.91 Å². The minimum absolute atomic E-state index is 0.0508. The lowest BCUT2D eigenvalue weighted by atomic mass is 9.90. The van der Waals surface area contributed by atoms with Gasteiger partial charge in [-0.25, -0.2) is 4.79 Å². The number of amides is 3. The van der Waals surface area contributed by atoms with E-state index in [0.29, 0.717) is 23.8 Å². The van der Waals surface area contributed by atoms with Crippen LogP contribution in [0.25, 0.3) is 0 Å². The third-order valence-electron chi connectivity index (χ3n) is 5.40. The summed E-state index contributed by atoms with van der Waals surface area (Å²) in [7, 11) is 0. The normalized spacial score (nSPS) is 19.5. The number of aliphatic hydroxyl groups excluding tert-OH is 1. The van der Waals surface area contributed by atoms with Crippen LogP contribution in [0.5, 0.6) is 11.5 Å². The van der Waals surface area contributed by atoms with Crippen molar-refractivity contribution in [2.45, 2.75) is 45.3 Å². The average Bonchev–Trinajstić information content (AvgIpc) is 2.97. The van der Waals surface area contributed by atoms with Gasteiger partial charge in [0.15, 0.2) is 0 Å². The SMILES string of the molecule is CCOc1ccc(OCC(O)CN2C(=O)NC(C)(c3ccc(C(C)C)cc3)C2=O)cc1. The fourth-order valence-electron chi connectivity index (χ4n) is 3.51. The van der Waals surface area contributed by atoms with Gasteiger partial charge < -0.3 is 19.9 Å². The Balaban J connectivity index is 1.61. The predicted molar refractivity (Wildman–Crippen MR) is 117 cm³/mol. The monoisotopic (exact) mass is 426 g/mol. The van der Waals surface area contributed by atoms with Gasteiger partial charge in [0, 0.05) is 0 Å². The number of carbonyl (C=O) groups excluding carboxylic acids is 2. The summed E-state index contributed by atoms with van der Waals surface area (Å²) in [5, 5.41) is 13.1. The van der Waals surface area contributed by atoms with E-state index < -0.39 is 23.6 Å². The molecule has 0 radical (unpaired) electrons. The van der Waals surface area contributed by atoms with E-state index in [1.54, 1.807) is 31.2 Å². The van der Waals surface area contributed by atoms with Crippen LogP contribution in [0.4, 0.5) is 4.79 Å². The van der Waals surface area contributed by atoms with E-state index in [1.807, 2.05) is 31.2 Å². The molecule has 0 aromatic heterocycles. The van der Waals surface area contributed by atoms with Crippen LogP contribution in [0.15, 0.2) is 48.5 Å². The number of nitrogens with one attached hydrogen (secondary N) is 1. The van der Waals surface area contributed by atoms with Gasteiger partial charge in [0.05, 0.1) is 13.2 Å². The number of β-amino-alcohol motifs (C(OH)–C–C–N with tert-alkyl or cyclic N) is 1. The zero-order valence-corrected chi connectivity index (χ0v) is 18.4. The molecular weight excluding hydrogens is 396 g/mol. The zero-order valence-electron chi connectivity index (χ0n) is 18.4. The van der Waals surface area contributed by atoms with E-state index >= 15 is 0 Å². The highest BCUT2D eigenvalue weighted by Gasteiger charge is 2.49. The van der Waals surface area contributed by atoms with Crippen LogP contribution in [0.1, 0.15) is 44.7 Å². The Morgan fingerprint density at radius 3 is 2.13 bits per heavy atom. The van der Waals surface area contributed by atoms with Gasteiger partial charge >= 0.3 is 6.03 Å². The first-order valence-corrected chi connectivity index (χ1v) is 10.5. The number of ether oxygens (including phenoxy) is 2. The van der Waals surface area contributed by atoms with Crippen molar-refractivity contribution in [2.75, 3.05) is 19.8 Å². The second-order valence-corrected chi connectivity index (χ2v) is 8.12. The van der Waals surface area contributed by atoms with E-state index in [4.69, 9.17) is 9.47 Å². The first kappa shape index (κ1) is 22.6. The lowest BCUT2D eigenvalue weighted by Crippen LogP contribution is -2.42. The highest BCUT2D eigenvalue weighted by Crippen LogP contribution is 2.30. The zero-order chi connectivity index (χ0) is 22.6. The van der Waals surface area contributed by atoms with Crippen molar-refractivity contribution in [1.82, 2.24) is 10.2 Å². The summed E-state index contributed by atoms with van der Waals surface area (Å²) in [5.41, 5.74) is 0.697. The molecule has 1 heterocycles. The summed E-state index contributed by atoms with van der Waals surface area (Å²) in [6, 6.07) is 14.2. The van der Waals surface area contributed by atoms with Crippen molar-refractivity contribution in [1.29, 1.82) is 0 Å². The van der Waals surface area contributed by atoms with Crippen molar-refractivity contribution in [3.63, 3.8) is 0 Å². The van der Waals surface area contributed by atoms with Crippen molar-refractivity contribution < 1.29 is 24.2 Å². The maximum absolute atomic E-state index is 13.0. The molecule has 2 atom stereocenters. The fourth-order valence-corrected chi connectivity index (χ4v) is 3.51. The number of nitrogens with zero attached hydrogens (tertiary/aromatic N) is 1. The topological polar surface area (TPSA) is 88.1 Å². The highest BCUT2D eigenvalue weighted by atomic mass is 16.5. The van der Waals surface area contributed by atoms with Gasteiger partial charge in [-0.3, -0.25) is 9.69 Å². The highest BCUT2D eigenvalue weighted by molar-refractivity contribution is 6.07. The van der Waals surface area contributed by atoms with Crippen LogP contribution in [-0.2, 0) is 10.3 Å². The van der Waals surface area contributed by atoms with Crippen LogP contribution in [0.3, 0.4) is 0 Å². The Morgan fingerprint density at radius 2 is 1.58 bits per heavy atom. The average molecular weight is 427 g/mol. The number of carbonyl (C=O) groups is 2. The Bertz CT molecular complexity index is 911. The molecule has 2 aromatic rings. The standard InChI is InChI=1S/C24H30N2O5/c1-5-30-20-10-12-21(13-11-20)31-15-19(27)14-26-22(28)24(4,25-23(26)29)18-8-6-17(7-9-18)16(2)3/h6-13,16,19,27H,5,14-15H2,1-4H3,(H,25,29). The Kier molecular flexibility index (Phi) is 6.85. The summed E-state index contributed by atoms with van der Waals surface area (Å²) >= 11 is 0. The molecule has 0 spiro atoms. The summed E-state index contributed by atoms with van der Waals surface area (Å²) in [4.78, 5) is 26.6. The van der Waals surface area contributed by atoms with Crippen LogP contribution < -0.4 is 14.8 Å². The van der Waals surface area contributed by atoms with E-state index in [-0.39, 0.29) is 13.2 Å². The van der Waals surface area contributed by atoms with Gasteiger partial charge in [0.1, 0.15) is 29.7 Å². The van der Waals surface area contributed by atoms with Gasteiger partial charge in [-0.2, -0.15) is 0 Å². The number of hydrogen-bond donors (Lipinski definition) is 2. The minimum Gasteiger partial charge on any atom is -0.494 e. The van der Waals surface area contributed by atoms with Gasteiger partial charge in [-0.15, -0.1) is 0 Å². The molecule has 1 fully saturated rings. The Hall–Kier alpha value is -3.06. The third kappa shape index (κ3) is 4.99. The molecule has 2 unspecified atom stereocenters. The molecule has 3 amide bonds. The van der Waals surface area contributed by atoms with Crippen molar-refractivity contribution in [2.24, 2.45) is 0 Å². The molecule has 3 rings (SSSR count). The molecule has 0 saturated carbocycles. The molecular formula is C24H30N2O5. The lowest BCUT2D eigenvalue weighted by molar-refractivity contribution is -0.132. The molecule has 1 aliphatic rings. The molecule has 7 heteroatoms. The predicted octanol–water partition coefficient (Wildman–Crippen LogP) is 3.42. The van der Waals surface area contributed by atoms with E-state index in [9.17, 15) is 14.7 Å². The lowest BCUT2D eigenvalue weighted by Gasteiger charge is -2.23. The molecule has 0 bridgehead atoms. The summed E-state index contributed by atoms with van der Waals surface area (Å²) < 4.78 is 11.0. The summed E-state index contributed by atoms with van der Waals surface area (Å²) in [6.07, 6.45) is -1.02. The summed E-state index contributed by atoms with van der Waals surface area (Å²) in [6.45, 7) is 8.15. The quantitative estimate of drug-likeness (QED) is 0.600. The third-order valence-corrected chi connectivity index (χ3v) is 5.40. The fraction of sp³-hybridized carbons (Fsp3) is 0.417. The Morgan fingerprint density at radius 1 is 1.00 bits per heavy atom. The summed E-state index contributed by atoms with van der Waals surface area (Å²) in [5.74, 6) is 1.28. The maximum Gasteiger partial charge on any atom is 0.325 e. The van der Waals surface area contributed by atoms with Crippen LogP contribution in [0, 0.1) is 0 Å². The van der Waals surface area contributed by atoms with E-state index in [1.165, 1.54) is 0 Å². The first-order chi connectivity index (χ1) is 14.7. The van der Waals surface area contributed by atoms with Crippen LogP contribution in [-0.4, -0.2) is 47.8 Å². The second-order valence-electron chi connectivity index (χ2n) is 8.12. The maximum atomic E-state index is 13.0. The smallest absolute Gasteiger partial charge is 0.325 e. The molecule has 166 valence electrons. The minimum atomic E-state index is -1.16. The number of aliphatic hydroxyl groups is 1. The molecule has 0 aliphatic carbocycles. The van der Waals surface area contributed by atoms with Gasteiger partial charge in [-0.05, 0) is 55.2 Å². The molecule has 7 nitrogen and oxygen atoms in total. The number of hydrogen-bond acceptors (Lipinski definition) is 5. The van der Waals surface area contributed by atoms with Crippen molar-refractivity contribution in [3.8, 4) is 11.5 Å². The number of urea groups is 1. The molecule has 2 N–H and O–H groups in total. The van der Waals surface area contributed by atoms with Crippen LogP contribution >= 0.6 is 0 Å². The molecule has 2 aromatic carbocycles. The van der Waals surface area contributed by atoms with Crippen molar-refractivity contribution in [3.05, 3.63) is 59.7 Å². The van der Waals surface area contributed by atoms with E-state index in [0.717, 1.165) is 16.2 Å². The largest absolute Gasteiger partial charge is 0.494 e.